The molecule has 0 aliphatic rings. The minimum atomic E-state index is 0.678. The second-order valence-electron chi connectivity index (χ2n) is 3.84. The van der Waals surface area contributed by atoms with Crippen molar-refractivity contribution < 1.29 is 0 Å². The molecule has 0 N–H and O–H groups in total. The molecule has 0 aromatic carbocycles. The van der Waals surface area contributed by atoms with Crippen LogP contribution in [0.15, 0.2) is 23.1 Å². The van der Waals surface area contributed by atoms with Crippen molar-refractivity contribution >= 4 is 16.9 Å². The topological polar surface area (TPSA) is 0 Å². The van der Waals surface area contributed by atoms with Crippen LogP contribution in [0.1, 0.15) is 45.4 Å². The average molecular weight is 208 g/mol. The summed E-state index contributed by atoms with van der Waals surface area (Å²) < 4.78 is 0. The molecule has 1 heterocycles. The van der Waals surface area contributed by atoms with Crippen LogP contribution >= 0.6 is 11.3 Å². The Balaban J connectivity index is 3.10. The summed E-state index contributed by atoms with van der Waals surface area (Å²) in [6.07, 6.45) is 2.33. The molecule has 0 spiro atoms. The van der Waals surface area contributed by atoms with E-state index in [-0.39, 0.29) is 0 Å². The third kappa shape index (κ3) is 2.48. The molecule has 0 fully saturated rings. The quantitative estimate of drug-likeness (QED) is 0.654. The number of hydrogen-bond acceptors (Lipinski definition) is 1. The summed E-state index contributed by atoms with van der Waals surface area (Å²) in [5, 5.41) is 2.17. The summed E-state index contributed by atoms with van der Waals surface area (Å²) in [6, 6.07) is 4.38. The molecule has 0 radical (unpaired) electrons. The monoisotopic (exact) mass is 208 g/mol. The summed E-state index contributed by atoms with van der Waals surface area (Å²) in [4.78, 5) is 1.46. The number of thiophene rings is 1. The summed E-state index contributed by atoms with van der Waals surface area (Å²) >= 11 is 1.86. The molecular formula is C13H20S. The van der Waals surface area contributed by atoms with Gasteiger partial charge in [-0.2, -0.15) is 0 Å². The van der Waals surface area contributed by atoms with Gasteiger partial charge in [-0.1, -0.05) is 39.3 Å². The molecule has 0 aliphatic heterocycles. The van der Waals surface area contributed by atoms with Crippen LogP contribution in [0.3, 0.4) is 0 Å². The van der Waals surface area contributed by atoms with Gasteiger partial charge in [-0.05, 0) is 35.8 Å². The lowest BCUT2D eigenvalue weighted by atomic mass is 9.93. The largest absolute Gasteiger partial charge is 0.144 e. The predicted molar refractivity (Wildman–Crippen MR) is 66.7 cm³/mol. The lowest BCUT2D eigenvalue weighted by molar-refractivity contribution is 0.731. The summed E-state index contributed by atoms with van der Waals surface area (Å²) in [5.74, 6) is 0.678. The van der Waals surface area contributed by atoms with Crippen LogP contribution in [0.5, 0.6) is 0 Å². The molecular weight excluding hydrogens is 188 g/mol. The van der Waals surface area contributed by atoms with E-state index in [1.54, 1.807) is 11.1 Å². The van der Waals surface area contributed by atoms with Gasteiger partial charge >= 0.3 is 0 Å². The first-order chi connectivity index (χ1) is 6.70. The molecule has 0 aliphatic carbocycles. The Morgan fingerprint density at radius 2 is 2.00 bits per heavy atom. The van der Waals surface area contributed by atoms with Gasteiger partial charge in [0.2, 0.25) is 0 Å². The van der Waals surface area contributed by atoms with Crippen LogP contribution in [0.4, 0.5) is 0 Å². The van der Waals surface area contributed by atoms with E-state index in [0.29, 0.717) is 5.92 Å². The van der Waals surface area contributed by atoms with Gasteiger partial charge in [0.25, 0.3) is 0 Å². The minimum absolute atomic E-state index is 0.678. The molecule has 0 nitrogen and oxygen atoms in total. The molecule has 0 bridgehead atoms. The molecule has 0 atom stereocenters. The summed E-state index contributed by atoms with van der Waals surface area (Å²) in [6.45, 7) is 9.11. The van der Waals surface area contributed by atoms with E-state index in [1.165, 1.54) is 11.3 Å². The number of rotatable bonds is 4. The maximum absolute atomic E-state index is 2.29. The Morgan fingerprint density at radius 3 is 2.36 bits per heavy atom. The second kappa shape index (κ2) is 5.35. The van der Waals surface area contributed by atoms with E-state index < -0.39 is 0 Å². The highest BCUT2D eigenvalue weighted by molar-refractivity contribution is 7.11. The highest BCUT2D eigenvalue weighted by Gasteiger charge is 2.09. The highest BCUT2D eigenvalue weighted by Crippen LogP contribution is 2.31. The van der Waals surface area contributed by atoms with Crippen molar-refractivity contribution in [2.24, 2.45) is 5.92 Å². The van der Waals surface area contributed by atoms with Crippen LogP contribution in [0, 0.1) is 5.92 Å². The zero-order valence-electron chi connectivity index (χ0n) is 9.63. The van der Waals surface area contributed by atoms with Gasteiger partial charge in [0.1, 0.15) is 0 Å². The van der Waals surface area contributed by atoms with Crippen molar-refractivity contribution in [1.82, 2.24) is 0 Å². The van der Waals surface area contributed by atoms with Crippen molar-refractivity contribution in [3.05, 3.63) is 28.0 Å². The lowest BCUT2D eigenvalue weighted by Gasteiger charge is -2.15. The zero-order chi connectivity index (χ0) is 10.6. The van der Waals surface area contributed by atoms with E-state index in [1.807, 2.05) is 11.3 Å². The molecule has 78 valence electrons. The highest BCUT2D eigenvalue weighted by atomic mass is 32.1. The minimum Gasteiger partial charge on any atom is -0.144 e. The van der Waals surface area contributed by atoms with Crippen LogP contribution < -0.4 is 0 Å². The summed E-state index contributed by atoms with van der Waals surface area (Å²) in [7, 11) is 0. The molecule has 1 aromatic rings. The first-order valence-corrected chi connectivity index (χ1v) is 6.34. The molecule has 0 saturated heterocycles. The van der Waals surface area contributed by atoms with Gasteiger partial charge in [-0.3, -0.25) is 0 Å². The fraction of sp³-hybridized carbons (Fsp3) is 0.538. The number of allylic oxidation sites excluding steroid dienone is 2. The van der Waals surface area contributed by atoms with Crippen LogP contribution in [0.25, 0.3) is 5.57 Å². The Hall–Kier alpha value is -0.560. The SMILES string of the molecule is CC/C(=C(\CC)C(C)C)c1cccs1. The van der Waals surface area contributed by atoms with E-state index >= 15 is 0 Å². The van der Waals surface area contributed by atoms with Crippen LogP contribution in [-0.4, -0.2) is 0 Å². The molecule has 0 saturated carbocycles. The fourth-order valence-corrected chi connectivity index (χ4v) is 2.86. The fourth-order valence-electron chi connectivity index (χ4n) is 1.98. The first-order valence-electron chi connectivity index (χ1n) is 5.46. The van der Waals surface area contributed by atoms with E-state index in [0.717, 1.165) is 6.42 Å². The molecule has 0 amide bonds. The predicted octanol–water partition coefficient (Wildman–Crippen LogP) is 4.98. The van der Waals surface area contributed by atoms with Crippen LogP contribution in [0.2, 0.25) is 0 Å². The van der Waals surface area contributed by atoms with Gasteiger partial charge in [0.15, 0.2) is 0 Å². The molecule has 1 rings (SSSR count). The third-order valence-electron chi connectivity index (χ3n) is 2.64. The smallest absolute Gasteiger partial charge is 0.0301 e. The molecule has 0 unspecified atom stereocenters. The molecule has 1 heteroatoms. The van der Waals surface area contributed by atoms with E-state index in [4.69, 9.17) is 0 Å². The van der Waals surface area contributed by atoms with Crippen molar-refractivity contribution in [3.63, 3.8) is 0 Å². The number of hydrogen-bond donors (Lipinski definition) is 0. The van der Waals surface area contributed by atoms with Gasteiger partial charge in [-0.15, -0.1) is 11.3 Å². The van der Waals surface area contributed by atoms with Crippen molar-refractivity contribution in [2.75, 3.05) is 0 Å². The third-order valence-corrected chi connectivity index (χ3v) is 3.57. The average Bonchev–Trinajstić information content (AvgIpc) is 2.65. The van der Waals surface area contributed by atoms with Crippen molar-refractivity contribution in [2.45, 2.75) is 40.5 Å². The Kier molecular flexibility index (Phi) is 4.40. The van der Waals surface area contributed by atoms with E-state index in [9.17, 15) is 0 Å². The maximum Gasteiger partial charge on any atom is 0.0301 e. The lowest BCUT2D eigenvalue weighted by Crippen LogP contribution is -1.97. The zero-order valence-corrected chi connectivity index (χ0v) is 10.4. The van der Waals surface area contributed by atoms with Gasteiger partial charge < -0.3 is 0 Å². The second-order valence-corrected chi connectivity index (χ2v) is 4.79. The van der Waals surface area contributed by atoms with Gasteiger partial charge in [0.05, 0.1) is 0 Å². The van der Waals surface area contributed by atoms with E-state index in [2.05, 4.69) is 45.2 Å². The Bertz CT molecular complexity index is 291. The van der Waals surface area contributed by atoms with Gasteiger partial charge in [-0.25, -0.2) is 0 Å². The molecule has 14 heavy (non-hydrogen) atoms. The standard InChI is InChI=1S/C13H20S/c1-5-11(10(3)4)12(6-2)13-8-7-9-14-13/h7-10H,5-6H2,1-4H3/b12-11-. The Morgan fingerprint density at radius 1 is 1.29 bits per heavy atom. The van der Waals surface area contributed by atoms with Gasteiger partial charge in [0, 0.05) is 4.88 Å². The Labute approximate surface area is 91.7 Å². The normalized spacial score (nSPS) is 13.2. The summed E-state index contributed by atoms with van der Waals surface area (Å²) in [5.41, 5.74) is 3.19. The van der Waals surface area contributed by atoms with Crippen molar-refractivity contribution in [3.8, 4) is 0 Å². The first kappa shape index (κ1) is 11.5. The van der Waals surface area contributed by atoms with Crippen molar-refractivity contribution in [1.29, 1.82) is 0 Å². The molecule has 1 aromatic heterocycles. The van der Waals surface area contributed by atoms with Crippen LogP contribution in [-0.2, 0) is 0 Å². The maximum atomic E-state index is 2.29.